The van der Waals surface area contributed by atoms with Crippen LogP contribution in [0.25, 0.3) is 0 Å². The first kappa shape index (κ1) is 12.5. The molecule has 2 heteroatoms. The maximum absolute atomic E-state index is 10.9. The van der Waals surface area contributed by atoms with Gasteiger partial charge in [0.15, 0.2) is 6.29 Å². The van der Waals surface area contributed by atoms with Gasteiger partial charge in [0.2, 0.25) is 0 Å². The first-order valence-corrected chi connectivity index (χ1v) is 6.76. The molecule has 0 unspecified atom stereocenters. The number of carbonyl (C=O) groups is 1. The molecule has 0 atom stereocenters. The molecule has 2 aromatic rings. The van der Waals surface area contributed by atoms with Crippen molar-refractivity contribution in [2.45, 2.75) is 4.90 Å². The van der Waals surface area contributed by atoms with Gasteiger partial charge in [0.05, 0.1) is 0 Å². The minimum absolute atomic E-state index is 0.630. The van der Waals surface area contributed by atoms with Crippen molar-refractivity contribution in [1.82, 2.24) is 0 Å². The van der Waals surface area contributed by atoms with Crippen LogP contribution >= 0.6 is 11.8 Å². The van der Waals surface area contributed by atoms with Crippen molar-refractivity contribution in [2.24, 2.45) is 0 Å². The fourth-order valence-electron chi connectivity index (χ4n) is 1.53. The van der Waals surface area contributed by atoms with Crippen molar-refractivity contribution in [3.63, 3.8) is 0 Å². The monoisotopic (exact) mass is 252 g/mol. The molecule has 0 aliphatic heterocycles. The number of thioether (sulfide) groups is 1. The number of rotatable bonds is 2. The van der Waals surface area contributed by atoms with E-state index in [0.29, 0.717) is 5.56 Å². The molecule has 0 saturated heterocycles. The van der Waals surface area contributed by atoms with E-state index < -0.39 is 0 Å². The average Bonchev–Trinajstić information content (AvgIpc) is 2.46. The SMILES string of the molecule is CSc1ccc(C#Cc2ccccc2C=O)cc1. The Hall–Kier alpha value is -1.98. The molecule has 0 amide bonds. The number of hydrogen-bond acceptors (Lipinski definition) is 2. The van der Waals surface area contributed by atoms with E-state index in [9.17, 15) is 4.79 Å². The highest BCUT2D eigenvalue weighted by Gasteiger charge is 1.95. The minimum atomic E-state index is 0.630. The molecule has 0 bridgehead atoms. The Kier molecular flexibility index (Phi) is 4.22. The number of carbonyl (C=O) groups excluding carboxylic acids is 1. The number of hydrogen-bond donors (Lipinski definition) is 0. The Morgan fingerprint density at radius 2 is 1.72 bits per heavy atom. The fraction of sp³-hybridized carbons (Fsp3) is 0.0625. The molecule has 18 heavy (non-hydrogen) atoms. The van der Waals surface area contributed by atoms with E-state index in [4.69, 9.17) is 0 Å². The quantitative estimate of drug-likeness (QED) is 0.461. The molecule has 2 rings (SSSR count). The molecular weight excluding hydrogens is 240 g/mol. The highest BCUT2D eigenvalue weighted by molar-refractivity contribution is 7.98. The zero-order chi connectivity index (χ0) is 12.8. The van der Waals surface area contributed by atoms with Gasteiger partial charge in [0, 0.05) is 21.6 Å². The minimum Gasteiger partial charge on any atom is -0.298 e. The lowest BCUT2D eigenvalue weighted by molar-refractivity contribution is 0.112. The lowest BCUT2D eigenvalue weighted by atomic mass is 10.1. The van der Waals surface area contributed by atoms with Crippen molar-refractivity contribution in [3.05, 3.63) is 65.2 Å². The summed E-state index contributed by atoms with van der Waals surface area (Å²) >= 11 is 1.70. The highest BCUT2D eigenvalue weighted by atomic mass is 32.2. The zero-order valence-corrected chi connectivity index (χ0v) is 10.8. The summed E-state index contributed by atoms with van der Waals surface area (Å²) < 4.78 is 0. The Morgan fingerprint density at radius 3 is 2.39 bits per heavy atom. The summed E-state index contributed by atoms with van der Waals surface area (Å²) in [6, 6.07) is 15.4. The van der Waals surface area contributed by atoms with E-state index in [1.165, 1.54) is 4.90 Å². The fourth-order valence-corrected chi connectivity index (χ4v) is 1.94. The van der Waals surface area contributed by atoms with Crippen LogP contribution in [0.1, 0.15) is 21.5 Å². The summed E-state index contributed by atoms with van der Waals surface area (Å²) in [5.41, 5.74) is 2.35. The van der Waals surface area contributed by atoms with E-state index in [1.54, 1.807) is 17.8 Å². The summed E-state index contributed by atoms with van der Waals surface area (Å²) in [6.07, 6.45) is 2.88. The predicted octanol–water partition coefficient (Wildman–Crippen LogP) is 3.62. The standard InChI is InChI=1S/C16H12OS/c1-18-16-10-7-13(8-11-16)6-9-14-4-2-3-5-15(14)12-17/h2-5,7-8,10-12H,1H3. The molecule has 0 aromatic heterocycles. The van der Waals surface area contributed by atoms with Crippen LogP contribution in [0.5, 0.6) is 0 Å². The lowest BCUT2D eigenvalue weighted by Gasteiger charge is -1.96. The smallest absolute Gasteiger partial charge is 0.151 e. The topological polar surface area (TPSA) is 17.1 Å². The van der Waals surface area contributed by atoms with Crippen molar-refractivity contribution >= 4 is 18.0 Å². The van der Waals surface area contributed by atoms with Crippen molar-refractivity contribution in [3.8, 4) is 11.8 Å². The summed E-state index contributed by atoms with van der Waals surface area (Å²) in [6.45, 7) is 0. The lowest BCUT2D eigenvalue weighted by Crippen LogP contribution is -1.85. The highest BCUT2D eigenvalue weighted by Crippen LogP contribution is 2.14. The Morgan fingerprint density at radius 1 is 1.00 bits per heavy atom. The van der Waals surface area contributed by atoms with Gasteiger partial charge in [-0.25, -0.2) is 0 Å². The van der Waals surface area contributed by atoms with Crippen LogP contribution in [0.15, 0.2) is 53.4 Å². The Labute approximate surface area is 111 Å². The molecule has 0 aliphatic rings. The zero-order valence-electron chi connectivity index (χ0n) is 10.0. The van der Waals surface area contributed by atoms with Gasteiger partial charge in [0.1, 0.15) is 0 Å². The van der Waals surface area contributed by atoms with Crippen LogP contribution in [0.4, 0.5) is 0 Å². The third kappa shape index (κ3) is 3.03. The van der Waals surface area contributed by atoms with Gasteiger partial charge in [-0.1, -0.05) is 30.0 Å². The number of benzene rings is 2. The second-order valence-corrected chi connectivity index (χ2v) is 4.56. The molecule has 88 valence electrons. The van der Waals surface area contributed by atoms with Gasteiger partial charge >= 0.3 is 0 Å². The molecule has 0 fully saturated rings. The van der Waals surface area contributed by atoms with Crippen LogP contribution in [-0.4, -0.2) is 12.5 Å². The van der Waals surface area contributed by atoms with Gasteiger partial charge < -0.3 is 0 Å². The van der Waals surface area contributed by atoms with Gasteiger partial charge in [-0.05, 0) is 36.6 Å². The summed E-state index contributed by atoms with van der Waals surface area (Å²) in [4.78, 5) is 12.1. The first-order chi connectivity index (χ1) is 8.83. The second-order valence-electron chi connectivity index (χ2n) is 3.68. The first-order valence-electron chi connectivity index (χ1n) is 5.54. The molecule has 0 heterocycles. The molecule has 0 saturated carbocycles. The van der Waals surface area contributed by atoms with E-state index in [0.717, 1.165) is 17.4 Å². The molecule has 1 nitrogen and oxygen atoms in total. The molecule has 0 radical (unpaired) electrons. The van der Waals surface area contributed by atoms with Gasteiger partial charge in [-0.2, -0.15) is 0 Å². The molecule has 0 spiro atoms. The molecular formula is C16H12OS. The van der Waals surface area contributed by atoms with E-state index >= 15 is 0 Å². The average molecular weight is 252 g/mol. The second kappa shape index (κ2) is 6.09. The van der Waals surface area contributed by atoms with Gasteiger partial charge in [-0.3, -0.25) is 4.79 Å². The third-order valence-corrected chi connectivity index (χ3v) is 3.26. The van der Waals surface area contributed by atoms with E-state index in [-0.39, 0.29) is 0 Å². The van der Waals surface area contributed by atoms with Crippen molar-refractivity contribution in [2.75, 3.05) is 6.26 Å². The predicted molar refractivity (Wildman–Crippen MR) is 76.0 cm³/mol. The Balaban J connectivity index is 2.28. The summed E-state index contributed by atoms with van der Waals surface area (Å²) in [7, 11) is 0. The largest absolute Gasteiger partial charge is 0.298 e. The molecule has 0 aliphatic carbocycles. The third-order valence-electron chi connectivity index (χ3n) is 2.52. The summed E-state index contributed by atoms with van der Waals surface area (Å²) in [5.74, 6) is 6.10. The van der Waals surface area contributed by atoms with Crippen LogP contribution < -0.4 is 0 Å². The molecule has 2 aromatic carbocycles. The number of aldehydes is 1. The van der Waals surface area contributed by atoms with Crippen LogP contribution in [0, 0.1) is 11.8 Å². The van der Waals surface area contributed by atoms with E-state index in [1.807, 2.05) is 48.7 Å². The maximum atomic E-state index is 10.9. The van der Waals surface area contributed by atoms with Crippen LogP contribution in [0.2, 0.25) is 0 Å². The van der Waals surface area contributed by atoms with Crippen molar-refractivity contribution < 1.29 is 4.79 Å². The van der Waals surface area contributed by atoms with Gasteiger partial charge in [-0.15, -0.1) is 11.8 Å². The van der Waals surface area contributed by atoms with Gasteiger partial charge in [0.25, 0.3) is 0 Å². The van der Waals surface area contributed by atoms with E-state index in [2.05, 4.69) is 11.8 Å². The summed E-state index contributed by atoms with van der Waals surface area (Å²) in [5, 5.41) is 0. The van der Waals surface area contributed by atoms with Crippen LogP contribution in [0.3, 0.4) is 0 Å². The van der Waals surface area contributed by atoms with Crippen molar-refractivity contribution in [1.29, 1.82) is 0 Å². The van der Waals surface area contributed by atoms with Crippen LogP contribution in [-0.2, 0) is 0 Å². The maximum Gasteiger partial charge on any atom is 0.151 e. The Bertz CT molecular complexity index is 603. The molecule has 0 N–H and O–H groups in total. The normalized spacial score (nSPS) is 9.39.